The maximum absolute atomic E-state index is 5.72. The van der Waals surface area contributed by atoms with Crippen molar-refractivity contribution >= 4 is 11.6 Å². The molecule has 2 heterocycles. The van der Waals surface area contributed by atoms with E-state index >= 15 is 0 Å². The molecule has 0 bridgehead atoms. The van der Waals surface area contributed by atoms with Crippen LogP contribution in [-0.4, -0.2) is 89.1 Å². The van der Waals surface area contributed by atoms with Crippen molar-refractivity contribution < 1.29 is 9.47 Å². The number of ether oxygens (including phenoxy) is 2. The smallest absolute Gasteiger partial charge is 0.191 e. The van der Waals surface area contributed by atoms with Crippen LogP contribution in [0, 0.1) is 0 Å². The highest BCUT2D eigenvalue weighted by Gasteiger charge is 2.21. The summed E-state index contributed by atoms with van der Waals surface area (Å²) >= 11 is 0. The molecule has 2 N–H and O–H groups in total. The molecule has 0 saturated carbocycles. The summed E-state index contributed by atoms with van der Waals surface area (Å²) in [5.41, 5.74) is 1.33. The molecule has 7 nitrogen and oxygen atoms in total. The number of hydrogen-bond donors (Lipinski definition) is 2. The van der Waals surface area contributed by atoms with Gasteiger partial charge in [-0.2, -0.15) is 0 Å². The molecule has 2 fully saturated rings. The SMILES string of the molecule is CN=C(NCCCOCC1CCCO1)NCC(C)N1CCN(c2ccccc2)CC1. The minimum Gasteiger partial charge on any atom is -0.379 e. The molecule has 30 heavy (non-hydrogen) atoms. The van der Waals surface area contributed by atoms with Crippen LogP contribution in [0.1, 0.15) is 26.2 Å². The Kier molecular flexibility index (Phi) is 9.73. The average Bonchev–Trinajstić information content (AvgIpc) is 3.32. The Balaban J connectivity index is 1.25. The Labute approximate surface area is 181 Å². The third-order valence-electron chi connectivity index (χ3n) is 5.93. The van der Waals surface area contributed by atoms with Gasteiger partial charge in [0, 0.05) is 71.3 Å². The van der Waals surface area contributed by atoms with Crippen molar-refractivity contribution in [3.05, 3.63) is 30.3 Å². The monoisotopic (exact) mass is 417 g/mol. The topological polar surface area (TPSA) is 61.4 Å². The first kappa shape index (κ1) is 22.8. The second kappa shape index (κ2) is 12.8. The second-order valence-corrected chi connectivity index (χ2v) is 8.15. The molecule has 1 aromatic rings. The van der Waals surface area contributed by atoms with Gasteiger partial charge in [-0.15, -0.1) is 0 Å². The first-order chi connectivity index (χ1) is 14.8. The number of nitrogens with zero attached hydrogens (tertiary/aromatic N) is 3. The van der Waals surface area contributed by atoms with Crippen LogP contribution in [0.15, 0.2) is 35.3 Å². The summed E-state index contributed by atoms with van der Waals surface area (Å²) in [6, 6.07) is 11.2. The summed E-state index contributed by atoms with van der Waals surface area (Å²) in [5, 5.41) is 6.85. The minimum absolute atomic E-state index is 0.309. The molecule has 0 aliphatic carbocycles. The summed E-state index contributed by atoms with van der Waals surface area (Å²) in [6.07, 6.45) is 3.57. The molecule has 2 atom stereocenters. The van der Waals surface area contributed by atoms with E-state index in [2.05, 4.69) is 62.7 Å². The zero-order chi connectivity index (χ0) is 21.0. The number of hydrogen-bond acceptors (Lipinski definition) is 5. The molecule has 7 heteroatoms. The first-order valence-corrected chi connectivity index (χ1v) is 11.4. The quantitative estimate of drug-likeness (QED) is 0.345. The van der Waals surface area contributed by atoms with E-state index in [0.717, 1.165) is 77.9 Å². The van der Waals surface area contributed by atoms with Gasteiger partial charge < -0.3 is 25.0 Å². The van der Waals surface area contributed by atoms with Crippen LogP contribution >= 0.6 is 0 Å². The summed E-state index contributed by atoms with van der Waals surface area (Å²) in [4.78, 5) is 9.37. The number of para-hydroxylation sites is 1. The maximum Gasteiger partial charge on any atom is 0.191 e. The normalized spacial score (nSPS) is 21.6. The number of guanidine groups is 1. The molecule has 0 aromatic heterocycles. The van der Waals surface area contributed by atoms with Gasteiger partial charge in [0.25, 0.3) is 0 Å². The molecule has 1 aromatic carbocycles. The van der Waals surface area contributed by atoms with Gasteiger partial charge in [0.1, 0.15) is 0 Å². The van der Waals surface area contributed by atoms with Crippen LogP contribution in [0.25, 0.3) is 0 Å². The molecular weight excluding hydrogens is 378 g/mol. The summed E-state index contributed by atoms with van der Waals surface area (Å²) < 4.78 is 11.3. The fourth-order valence-electron chi connectivity index (χ4n) is 4.03. The molecule has 2 saturated heterocycles. The van der Waals surface area contributed by atoms with Gasteiger partial charge in [0.05, 0.1) is 12.7 Å². The van der Waals surface area contributed by atoms with Gasteiger partial charge in [0.15, 0.2) is 5.96 Å². The van der Waals surface area contributed by atoms with Crippen molar-refractivity contribution in [2.45, 2.75) is 38.3 Å². The van der Waals surface area contributed by atoms with E-state index in [1.807, 2.05) is 7.05 Å². The largest absolute Gasteiger partial charge is 0.379 e. The molecule has 0 spiro atoms. The molecule has 2 aliphatic heterocycles. The van der Waals surface area contributed by atoms with E-state index in [1.165, 1.54) is 12.1 Å². The zero-order valence-electron chi connectivity index (χ0n) is 18.7. The van der Waals surface area contributed by atoms with Crippen LogP contribution in [-0.2, 0) is 9.47 Å². The molecule has 2 aliphatic rings. The Morgan fingerprint density at radius 1 is 1.20 bits per heavy atom. The highest BCUT2D eigenvalue weighted by Crippen LogP contribution is 2.16. The lowest BCUT2D eigenvalue weighted by atomic mass is 10.2. The highest BCUT2D eigenvalue weighted by molar-refractivity contribution is 5.79. The molecule has 2 unspecified atom stereocenters. The number of piperazine rings is 1. The lowest BCUT2D eigenvalue weighted by Crippen LogP contribution is -2.53. The summed E-state index contributed by atoms with van der Waals surface area (Å²) in [7, 11) is 1.83. The Morgan fingerprint density at radius 2 is 2.00 bits per heavy atom. The molecule has 168 valence electrons. The summed E-state index contributed by atoms with van der Waals surface area (Å²) in [5.74, 6) is 0.865. The van der Waals surface area contributed by atoms with Crippen molar-refractivity contribution in [1.82, 2.24) is 15.5 Å². The van der Waals surface area contributed by atoms with E-state index in [-0.39, 0.29) is 0 Å². The molecule has 3 rings (SSSR count). The fourth-order valence-corrected chi connectivity index (χ4v) is 4.03. The number of benzene rings is 1. The molecule has 0 amide bonds. The van der Waals surface area contributed by atoms with Gasteiger partial charge in [-0.25, -0.2) is 0 Å². The summed E-state index contributed by atoms with van der Waals surface area (Å²) in [6.45, 7) is 10.7. The van der Waals surface area contributed by atoms with Crippen molar-refractivity contribution in [3.63, 3.8) is 0 Å². The number of nitrogens with one attached hydrogen (secondary N) is 2. The maximum atomic E-state index is 5.72. The Bertz CT molecular complexity index is 613. The van der Waals surface area contributed by atoms with Crippen molar-refractivity contribution in [2.24, 2.45) is 4.99 Å². The fraction of sp³-hybridized carbons (Fsp3) is 0.696. The van der Waals surface area contributed by atoms with E-state index in [4.69, 9.17) is 9.47 Å². The van der Waals surface area contributed by atoms with Crippen LogP contribution < -0.4 is 15.5 Å². The number of aliphatic imine (C=N–C) groups is 1. The lowest BCUT2D eigenvalue weighted by molar-refractivity contribution is 0.0168. The Hall–Kier alpha value is -1.83. The van der Waals surface area contributed by atoms with Crippen molar-refractivity contribution in [3.8, 4) is 0 Å². The second-order valence-electron chi connectivity index (χ2n) is 8.15. The lowest BCUT2D eigenvalue weighted by Gasteiger charge is -2.39. The van der Waals surface area contributed by atoms with Gasteiger partial charge >= 0.3 is 0 Å². The van der Waals surface area contributed by atoms with Crippen molar-refractivity contribution in [1.29, 1.82) is 0 Å². The van der Waals surface area contributed by atoms with E-state index in [1.54, 1.807) is 0 Å². The van der Waals surface area contributed by atoms with Crippen molar-refractivity contribution in [2.75, 3.05) is 71.0 Å². The predicted molar refractivity (Wildman–Crippen MR) is 123 cm³/mol. The first-order valence-electron chi connectivity index (χ1n) is 11.4. The van der Waals surface area contributed by atoms with Gasteiger partial charge in [-0.05, 0) is 38.3 Å². The van der Waals surface area contributed by atoms with Gasteiger partial charge in [0.2, 0.25) is 0 Å². The van der Waals surface area contributed by atoms with E-state index < -0.39 is 0 Å². The average molecular weight is 418 g/mol. The molecule has 0 radical (unpaired) electrons. The standard InChI is InChI=1S/C23H39N5O2/c1-20(27-12-14-28(15-13-27)21-8-4-3-5-9-21)18-26-23(24-2)25-11-7-16-29-19-22-10-6-17-30-22/h3-5,8-9,20,22H,6-7,10-19H2,1-2H3,(H2,24,25,26). The Morgan fingerprint density at radius 3 is 2.70 bits per heavy atom. The zero-order valence-corrected chi connectivity index (χ0v) is 18.7. The highest BCUT2D eigenvalue weighted by atomic mass is 16.5. The van der Waals surface area contributed by atoms with Crippen LogP contribution in [0.2, 0.25) is 0 Å². The van der Waals surface area contributed by atoms with E-state index in [0.29, 0.717) is 12.1 Å². The van der Waals surface area contributed by atoms with Gasteiger partial charge in [-0.1, -0.05) is 18.2 Å². The number of rotatable bonds is 10. The minimum atomic E-state index is 0.309. The predicted octanol–water partition coefficient (Wildman–Crippen LogP) is 1.95. The van der Waals surface area contributed by atoms with Gasteiger partial charge in [-0.3, -0.25) is 9.89 Å². The van der Waals surface area contributed by atoms with Crippen LogP contribution in [0.3, 0.4) is 0 Å². The number of anilines is 1. The third-order valence-corrected chi connectivity index (χ3v) is 5.93. The van der Waals surface area contributed by atoms with E-state index in [9.17, 15) is 0 Å². The van der Waals surface area contributed by atoms with Crippen LogP contribution in [0.4, 0.5) is 5.69 Å². The van der Waals surface area contributed by atoms with Crippen LogP contribution in [0.5, 0.6) is 0 Å². The third kappa shape index (κ3) is 7.45. The molecular formula is C23H39N5O2.